The van der Waals surface area contributed by atoms with Gasteiger partial charge >= 0.3 is 5.97 Å². The molecule has 0 aliphatic heterocycles. The number of esters is 1. The molecule has 5 nitrogen and oxygen atoms in total. The van der Waals surface area contributed by atoms with E-state index in [0.29, 0.717) is 0 Å². The summed E-state index contributed by atoms with van der Waals surface area (Å²) in [5.41, 5.74) is 0.0684. The molecule has 0 bridgehead atoms. The van der Waals surface area contributed by atoms with E-state index >= 15 is 0 Å². The molecular weight excluding hydrogens is 321 g/mol. The molecule has 0 aliphatic rings. The Kier molecular flexibility index (Phi) is 5.70. The Morgan fingerprint density at radius 1 is 1.30 bits per heavy atom. The zero-order valence-electron chi connectivity index (χ0n) is 12.7. The summed E-state index contributed by atoms with van der Waals surface area (Å²) < 4.78 is 23.2. The molecule has 0 fully saturated rings. The number of hydrogen-bond acceptors (Lipinski definition) is 5. The number of hydrogen-bond donors (Lipinski definition) is 1. The third-order valence-electron chi connectivity index (χ3n) is 3.20. The lowest BCUT2D eigenvalue weighted by Crippen LogP contribution is -2.30. The Morgan fingerprint density at radius 3 is 2.70 bits per heavy atom. The highest BCUT2D eigenvalue weighted by atomic mass is 32.1. The Bertz CT molecular complexity index is 687. The minimum Gasteiger partial charge on any atom is -0.496 e. The number of ether oxygens (including phenoxy) is 2. The predicted molar refractivity (Wildman–Crippen MR) is 84.1 cm³/mol. The van der Waals surface area contributed by atoms with E-state index in [4.69, 9.17) is 4.74 Å². The van der Waals surface area contributed by atoms with Crippen molar-refractivity contribution in [3.8, 4) is 5.75 Å². The summed E-state index contributed by atoms with van der Waals surface area (Å²) in [7, 11) is 2.68. The molecule has 2 aromatic rings. The summed E-state index contributed by atoms with van der Waals surface area (Å²) in [4.78, 5) is 24.8. The van der Waals surface area contributed by atoms with Crippen molar-refractivity contribution in [2.45, 2.75) is 12.5 Å². The van der Waals surface area contributed by atoms with Crippen LogP contribution in [0.15, 0.2) is 35.7 Å². The van der Waals surface area contributed by atoms with Gasteiger partial charge < -0.3 is 14.8 Å². The molecule has 0 saturated carbocycles. The van der Waals surface area contributed by atoms with E-state index in [0.717, 1.165) is 10.9 Å². The van der Waals surface area contributed by atoms with Gasteiger partial charge in [0, 0.05) is 4.88 Å². The molecule has 1 N–H and O–H groups in total. The van der Waals surface area contributed by atoms with E-state index < -0.39 is 23.7 Å². The SMILES string of the molecule is COC(=O)CC(NC(=O)c1cc(F)ccc1OC)c1cccs1. The maximum atomic E-state index is 13.4. The van der Waals surface area contributed by atoms with E-state index in [-0.39, 0.29) is 17.7 Å². The van der Waals surface area contributed by atoms with Crippen LogP contribution >= 0.6 is 11.3 Å². The van der Waals surface area contributed by atoms with Gasteiger partial charge in [-0.2, -0.15) is 0 Å². The van der Waals surface area contributed by atoms with Gasteiger partial charge in [0.1, 0.15) is 11.6 Å². The number of carbonyl (C=O) groups is 2. The van der Waals surface area contributed by atoms with Crippen LogP contribution in [0.3, 0.4) is 0 Å². The van der Waals surface area contributed by atoms with Crippen molar-refractivity contribution < 1.29 is 23.5 Å². The van der Waals surface area contributed by atoms with Gasteiger partial charge in [-0.1, -0.05) is 6.07 Å². The normalized spacial score (nSPS) is 11.6. The molecule has 1 atom stereocenters. The van der Waals surface area contributed by atoms with Gasteiger partial charge in [0.2, 0.25) is 0 Å². The van der Waals surface area contributed by atoms with Gasteiger partial charge in [-0.3, -0.25) is 9.59 Å². The third kappa shape index (κ3) is 4.29. The Labute approximate surface area is 137 Å². The highest BCUT2D eigenvalue weighted by molar-refractivity contribution is 7.10. The second-order valence-electron chi connectivity index (χ2n) is 4.67. The van der Waals surface area contributed by atoms with E-state index in [1.807, 2.05) is 11.4 Å². The quantitative estimate of drug-likeness (QED) is 0.823. The number of halogens is 1. The number of methoxy groups -OCH3 is 2. The van der Waals surface area contributed by atoms with Crippen LogP contribution in [-0.4, -0.2) is 26.1 Å². The maximum absolute atomic E-state index is 13.4. The summed E-state index contributed by atoms with van der Waals surface area (Å²) in [6.45, 7) is 0. The molecule has 122 valence electrons. The molecule has 23 heavy (non-hydrogen) atoms. The van der Waals surface area contributed by atoms with Crippen LogP contribution in [0.5, 0.6) is 5.75 Å². The Balaban J connectivity index is 2.24. The van der Waals surface area contributed by atoms with Crippen molar-refractivity contribution in [1.82, 2.24) is 5.32 Å². The first-order valence-corrected chi connectivity index (χ1v) is 7.67. The molecule has 0 aliphatic carbocycles. The van der Waals surface area contributed by atoms with E-state index in [1.165, 1.54) is 37.7 Å². The van der Waals surface area contributed by atoms with Gasteiger partial charge in [0.25, 0.3) is 5.91 Å². The minimum absolute atomic E-state index is 0.0135. The molecule has 0 saturated heterocycles. The number of carbonyl (C=O) groups excluding carboxylic acids is 2. The van der Waals surface area contributed by atoms with Crippen LogP contribution in [-0.2, 0) is 9.53 Å². The lowest BCUT2D eigenvalue weighted by atomic mass is 10.1. The molecule has 1 aromatic heterocycles. The van der Waals surface area contributed by atoms with Crippen molar-refractivity contribution in [2.24, 2.45) is 0 Å². The largest absolute Gasteiger partial charge is 0.496 e. The zero-order chi connectivity index (χ0) is 16.8. The molecule has 0 radical (unpaired) electrons. The van der Waals surface area contributed by atoms with E-state index in [2.05, 4.69) is 10.1 Å². The van der Waals surface area contributed by atoms with Crippen LogP contribution in [0.2, 0.25) is 0 Å². The number of thiophene rings is 1. The standard InChI is InChI=1S/C16H16FNO4S/c1-21-13-6-5-10(17)8-11(13)16(20)18-12(9-15(19)22-2)14-4-3-7-23-14/h3-8,12H,9H2,1-2H3,(H,18,20). The van der Waals surface area contributed by atoms with Gasteiger partial charge in [-0.05, 0) is 29.6 Å². The van der Waals surface area contributed by atoms with Crippen LogP contribution in [0.4, 0.5) is 4.39 Å². The van der Waals surface area contributed by atoms with Crippen molar-refractivity contribution in [3.63, 3.8) is 0 Å². The molecule has 1 aromatic carbocycles. The van der Waals surface area contributed by atoms with Crippen molar-refractivity contribution in [3.05, 3.63) is 52.0 Å². The molecule has 1 heterocycles. The predicted octanol–water partition coefficient (Wildman–Crippen LogP) is 2.93. The van der Waals surface area contributed by atoms with Crippen LogP contribution in [0.1, 0.15) is 27.7 Å². The highest BCUT2D eigenvalue weighted by Gasteiger charge is 2.22. The van der Waals surface area contributed by atoms with Crippen LogP contribution in [0.25, 0.3) is 0 Å². The third-order valence-corrected chi connectivity index (χ3v) is 4.18. The number of nitrogens with one attached hydrogen (secondary N) is 1. The summed E-state index contributed by atoms with van der Waals surface area (Å²) in [5.74, 6) is -1.26. The fourth-order valence-corrected chi connectivity index (χ4v) is 2.83. The smallest absolute Gasteiger partial charge is 0.307 e. The first kappa shape index (κ1) is 17.0. The van der Waals surface area contributed by atoms with Gasteiger partial charge in [-0.25, -0.2) is 4.39 Å². The monoisotopic (exact) mass is 337 g/mol. The van der Waals surface area contributed by atoms with Crippen molar-refractivity contribution >= 4 is 23.2 Å². The topological polar surface area (TPSA) is 64.6 Å². The Hall–Kier alpha value is -2.41. The molecule has 1 unspecified atom stereocenters. The molecule has 2 rings (SSSR count). The number of rotatable bonds is 6. The summed E-state index contributed by atoms with van der Waals surface area (Å²) in [6.07, 6.45) is -0.0135. The molecular formula is C16H16FNO4S. The second-order valence-corrected chi connectivity index (χ2v) is 5.65. The van der Waals surface area contributed by atoms with Crippen LogP contribution in [0, 0.1) is 5.82 Å². The highest BCUT2D eigenvalue weighted by Crippen LogP contribution is 2.25. The average molecular weight is 337 g/mol. The summed E-state index contributed by atoms with van der Waals surface area (Å²) >= 11 is 1.41. The molecule has 0 spiro atoms. The fraction of sp³-hybridized carbons (Fsp3) is 0.250. The summed E-state index contributed by atoms with van der Waals surface area (Å²) in [5, 5.41) is 4.57. The minimum atomic E-state index is -0.553. The van der Waals surface area contributed by atoms with E-state index in [9.17, 15) is 14.0 Å². The van der Waals surface area contributed by atoms with Gasteiger partial charge in [-0.15, -0.1) is 11.3 Å². The van der Waals surface area contributed by atoms with Gasteiger partial charge in [0.05, 0.1) is 32.2 Å². The Morgan fingerprint density at radius 2 is 2.09 bits per heavy atom. The molecule has 1 amide bonds. The lowest BCUT2D eigenvalue weighted by Gasteiger charge is -2.17. The van der Waals surface area contributed by atoms with Crippen molar-refractivity contribution in [1.29, 1.82) is 0 Å². The summed E-state index contributed by atoms with van der Waals surface area (Å²) in [6, 6.07) is 6.76. The fourth-order valence-electron chi connectivity index (χ4n) is 2.06. The van der Waals surface area contributed by atoms with Crippen molar-refractivity contribution in [2.75, 3.05) is 14.2 Å². The average Bonchev–Trinajstić information content (AvgIpc) is 3.08. The second kappa shape index (κ2) is 7.73. The number of amides is 1. The van der Waals surface area contributed by atoms with Crippen LogP contribution < -0.4 is 10.1 Å². The first-order chi connectivity index (χ1) is 11.0. The van der Waals surface area contributed by atoms with E-state index in [1.54, 1.807) is 6.07 Å². The number of benzene rings is 1. The first-order valence-electron chi connectivity index (χ1n) is 6.79. The zero-order valence-corrected chi connectivity index (χ0v) is 13.5. The lowest BCUT2D eigenvalue weighted by molar-refractivity contribution is -0.141. The molecule has 7 heteroatoms. The van der Waals surface area contributed by atoms with Gasteiger partial charge in [0.15, 0.2) is 0 Å². The maximum Gasteiger partial charge on any atom is 0.307 e.